The highest BCUT2D eigenvalue weighted by Crippen LogP contribution is 2.19. The number of Topliss-reactive ketones (excluding diaryl/α,β-unsaturated/α-hetero) is 1. The van der Waals surface area contributed by atoms with E-state index in [0.29, 0.717) is 11.3 Å². The molecule has 0 aliphatic carbocycles. The maximum absolute atomic E-state index is 12.5. The first-order chi connectivity index (χ1) is 14.7. The van der Waals surface area contributed by atoms with E-state index in [2.05, 4.69) is 10.1 Å². The lowest BCUT2D eigenvalue weighted by Gasteiger charge is -2.08. The van der Waals surface area contributed by atoms with Gasteiger partial charge in [0.15, 0.2) is 6.61 Å². The van der Waals surface area contributed by atoms with Crippen molar-refractivity contribution in [2.24, 2.45) is 0 Å². The van der Waals surface area contributed by atoms with E-state index in [9.17, 15) is 24.0 Å². The van der Waals surface area contributed by atoms with Crippen LogP contribution in [0.15, 0.2) is 33.9 Å². The molecule has 2 heterocycles. The Morgan fingerprint density at radius 2 is 1.71 bits per heavy atom. The van der Waals surface area contributed by atoms with E-state index in [4.69, 9.17) is 9.47 Å². The molecular weight excluding hydrogens is 406 g/mol. The Kier molecular flexibility index (Phi) is 6.19. The van der Waals surface area contributed by atoms with Crippen LogP contribution in [0, 0.1) is 13.8 Å². The lowest BCUT2D eigenvalue weighted by Crippen LogP contribution is -2.33. The van der Waals surface area contributed by atoms with Crippen LogP contribution in [0.25, 0.3) is 10.8 Å². The van der Waals surface area contributed by atoms with Crippen molar-refractivity contribution in [1.29, 1.82) is 0 Å². The van der Waals surface area contributed by atoms with Crippen LogP contribution >= 0.6 is 0 Å². The average Bonchev–Trinajstić information content (AvgIpc) is 3.04. The lowest BCUT2D eigenvalue weighted by atomic mass is 10.1. The quantitative estimate of drug-likeness (QED) is 0.427. The standard InChI is InChI=1S/C21H21N3O7/c1-4-30-21(29)17-11(2)18(22-12(17)3)15(25)10-31-16(26)9-24-20(28)14-8-6-5-7-13(14)19(27)23-24/h5-8,22H,4,9-10H2,1-3H3,(H,23,27). The number of aromatic nitrogens is 3. The Bertz CT molecular complexity index is 1300. The molecule has 10 heteroatoms. The fraction of sp³-hybridized carbons (Fsp3) is 0.286. The van der Waals surface area contributed by atoms with E-state index >= 15 is 0 Å². The van der Waals surface area contributed by atoms with Crippen molar-refractivity contribution < 1.29 is 23.9 Å². The molecule has 0 radical (unpaired) electrons. The zero-order valence-corrected chi connectivity index (χ0v) is 17.2. The summed E-state index contributed by atoms with van der Waals surface area (Å²) in [6.45, 7) is 3.92. The number of carbonyl (C=O) groups is 3. The number of fused-ring (bicyclic) bond motifs is 1. The molecule has 1 aromatic carbocycles. The minimum atomic E-state index is -0.882. The third-order valence-electron chi connectivity index (χ3n) is 4.73. The van der Waals surface area contributed by atoms with Crippen molar-refractivity contribution in [2.45, 2.75) is 27.3 Å². The lowest BCUT2D eigenvalue weighted by molar-refractivity contribution is -0.143. The van der Waals surface area contributed by atoms with Gasteiger partial charge in [-0.05, 0) is 38.5 Å². The number of ether oxygens (including phenoxy) is 2. The summed E-state index contributed by atoms with van der Waals surface area (Å²) < 4.78 is 10.8. The monoisotopic (exact) mass is 427 g/mol. The Labute approximate surface area is 175 Å². The highest BCUT2D eigenvalue weighted by atomic mass is 16.5. The number of esters is 2. The van der Waals surface area contributed by atoms with Crippen molar-refractivity contribution in [3.63, 3.8) is 0 Å². The van der Waals surface area contributed by atoms with Gasteiger partial charge in [-0.1, -0.05) is 12.1 Å². The van der Waals surface area contributed by atoms with Gasteiger partial charge in [-0.2, -0.15) is 0 Å². The third kappa shape index (κ3) is 4.32. The molecule has 0 bridgehead atoms. The molecule has 31 heavy (non-hydrogen) atoms. The molecule has 162 valence electrons. The van der Waals surface area contributed by atoms with Crippen molar-refractivity contribution >= 4 is 28.5 Å². The Morgan fingerprint density at radius 1 is 1.03 bits per heavy atom. The van der Waals surface area contributed by atoms with E-state index in [1.165, 1.54) is 12.1 Å². The van der Waals surface area contributed by atoms with Gasteiger partial charge in [0, 0.05) is 5.69 Å². The molecule has 2 N–H and O–H groups in total. The van der Waals surface area contributed by atoms with Crippen LogP contribution in [0.3, 0.4) is 0 Å². The second-order valence-electron chi connectivity index (χ2n) is 6.81. The molecule has 0 spiro atoms. The van der Waals surface area contributed by atoms with Gasteiger partial charge in [0.1, 0.15) is 6.54 Å². The maximum atomic E-state index is 12.5. The van der Waals surface area contributed by atoms with Crippen LogP contribution in [0.5, 0.6) is 0 Å². The molecule has 2 aromatic heterocycles. The second-order valence-corrected chi connectivity index (χ2v) is 6.81. The number of hydrogen-bond acceptors (Lipinski definition) is 7. The van der Waals surface area contributed by atoms with E-state index in [1.807, 2.05) is 0 Å². The number of rotatable bonds is 7. The van der Waals surface area contributed by atoms with Crippen LogP contribution in [-0.2, 0) is 20.8 Å². The number of nitrogens with zero attached hydrogens (tertiary/aromatic N) is 1. The molecule has 0 saturated heterocycles. The fourth-order valence-corrected chi connectivity index (χ4v) is 3.29. The van der Waals surface area contributed by atoms with Crippen molar-refractivity contribution in [3.05, 3.63) is 67.5 Å². The number of aromatic amines is 2. The van der Waals surface area contributed by atoms with Crippen molar-refractivity contribution in [1.82, 2.24) is 14.8 Å². The molecule has 0 unspecified atom stereocenters. The smallest absolute Gasteiger partial charge is 0.340 e. The van der Waals surface area contributed by atoms with Crippen LogP contribution < -0.4 is 11.1 Å². The van der Waals surface area contributed by atoms with E-state index in [1.54, 1.807) is 32.9 Å². The summed E-state index contributed by atoms with van der Waals surface area (Å²) in [4.78, 5) is 64.0. The fourth-order valence-electron chi connectivity index (χ4n) is 3.29. The molecule has 10 nitrogen and oxygen atoms in total. The summed E-state index contributed by atoms with van der Waals surface area (Å²) >= 11 is 0. The van der Waals surface area contributed by atoms with E-state index in [0.717, 1.165) is 4.68 Å². The third-order valence-corrected chi connectivity index (χ3v) is 4.73. The predicted molar refractivity (Wildman–Crippen MR) is 110 cm³/mol. The molecule has 0 amide bonds. The van der Waals surface area contributed by atoms with Crippen LogP contribution in [0.4, 0.5) is 0 Å². The molecule has 0 saturated carbocycles. The summed E-state index contributed by atoms with van der Waals surface area (Å²) in [6, 6.07) is 6.21. The highest BCUT2D eigenvalue weighted by molar-refractivity contribution is 6.02. The number of benzene rings is 1. The van der Waals surface area contributed by atoms with Gasteiger partial charge in [-0.25, -0.2) is 9.48 Å². The largest absolute Gasteiger partial charge is 0.462 e. The zero-order valence-electron chi connectivity index (χ0n) is 17.2. The molecule has 3 rings (SSSR count). The number of H-pyrrole nitrogens is 2. The average molecular weight is 427 g/mol. The number of nitrogens with one attached hydrogen (secondary N) is 2. The van der Waals surface area contributed by atoms with Gasteiger partial charge in [-0.15, -0.1) is 0 Å². The molecule has 0 fully saturated rings. The normalized spacial score (nSPS) is 10.8. The maximum Gasteiger partial charge on any atom is 0.340 e. The number of ketones is 1. The summed E-state index contributed by atoms with van der Waals surface area (Å²) in [6.07, 6.45) is 0. The van der Waals surface area contributed by atoms with Crippen LogP contribution in [-0.4, -0.2) is 45.7 Å². The summed E-state index contributed by atoms with van der Waals surface area (Å²) in [5.41, 5.74) is 0.163. The van der Waals surface area contributed by atoms with Crippen LogP contribution in [0.2, 0.25) is 0 Å². The Balaban J connectivity index is 1.72. The molecular formula is C21H21N3O7. The highest BCUT2D eigenvalue weighted by Gasteiger charge is 2.23. The first-order valence-corrected chi connectivity index (χ1v) is 9.51. The molecule has 0 atom stereocenters. The van der Waals surface area contributed by atoms with E-state index < -0.39 is 42.0 Å². The van der Waals surface area contributed by atoms with Gasteiger partial charge >= 0.3 is 11.9 Å². The van der Waals surface area contributed by atoms with Crippen molar-refractivity contribution in [2.75, 3.05) is 13.2 Å². The minimum Gasteiger partial charge on any atom is -0.462 e. The van der Waals surface area contributed by atoms with E-state index in [-0.39, 0.29) is 28.6 Å². The van der Waals surface area contributed by atoms with Gasteiger partial charge in [0.05, 0.1) is 28.6 Å². The zero-order chi connectivity index (χ0) is 22.7. The molecule has 0 aliphatic heterocycles. The second kappa shape index (κ2) is 8.82. The first kappa shape index (κ1) is 21.8. The van der Waals surface area contributed by atoms with Crippen molar-refractivity contribution in [3.8, 4) is 0 Å². The van der Waals surface area contributed by atoms with Gasteiger partial charge in [0.2, 0.25) is 5.78 Å². The van der Waals surface area contributed by atoms with Gasteiger partial charge in [0.25, 0.3) is 11.1 Å². The summed E-state index contributed by atoms with van der Waals surface area (Å²) in [5.74, 6) is -1.98. The number of aryl methyl sites for hydroxylation is 1. The van der Waals surface area contributed by atoms with Gasteiger partial charge in [-0.3, -0.25) is 24.3 Å². The number of carbonyl (C=O) groups excluding carboxylic acids is 3. The molecule has 3 aromatic rings. The Hall–Kier alpha value is -3.95. The minimum absolute atomic E-state index is 0.129. The van der Waals surface area contributed by atoms with Gasteiger partial charge < -0.3 is 14.5 Å². The topological polar surface area (TPSA) is 140 Å². The summed E-state index contributed by atoms with van der Waals surface area (Å²) in [5, 5.41) is 2.69. The SMILES string of the molecule is CCOC(=O)c1c(C)[nH]c(C(=O)COC(=O)Cn2[nH]c(=O)c3ccccc3c2=O)c1C. The van der Waals surface area contributed by atoms with Crippen LogP contribution in [0.1, 0.15) is 39.0 Å². The summed E-state index contributed by atoms with van der Waals surface area (Å²) in [7, 11) is 0. The Morgan fingerprint density at radius 3 is 2.39 bits per heavy atom. The predicted octanol–water partition coefficient (Wildman–Crippen LogP) is 1.24. The number of hydrogen-bond donors (Lipinski definition) is 2. The first-order valence-electron chi connectivity index (χ1n) is 9.51. The molecule has 0 aliphatic rings.